The Kier molecular flexibility index (Phi) is 25.6. The molecular formula is C48H72N12O12S2. The van der Waals surface area contributed by atoms with Gasteiger partial charge in [0.25, 0.3) is 11.8 Å². The first-order chi connectivity index (χ1) is 35.7. The average Bonchev–Trinajstić information content (AvgIpc) is 4.14. The number of ether oxygens (including phenoxy) is 3. The third-order valence-corrected chi connectivity index (χ3v) is 16.0. The summed E-state index contributed by atoms with van der Waals surface area (Å²) in [5.74, 6) is -3.32. The summed E-state index contributed by atoms with van der Waals surface area (Å²) in [5, 5.41) is 38.3. The van der Waals surface area contributed by atoms with Crippen LogP contribution in [-0.4, -0.2) is 169 Å². The topological polar surface area (TPSA) is 373 Å². The lowest BCUT2D eigenvalue weighted by Crippen LogP contribution is -2.38. The minimum absolute atomic E-state index is 0.0178. The number of nitrogens with two attached hydrogens (primary N) is 2. The van der Waals surface area contributed by atoms with Crippen LogP contribution >= 0.6 is 23.5 Å². The molecule has 3 amide bonds. The number of guanidine groups is 2. The molecule has 4 aliphatic rings. The van der Waals surface area contributed by atoms with Crippen LogP contribution in [0.4, 0.5) is 5.69 Å². The SMILES string of the molecule is [N-]=[N+]=NCCOCCOCCOCC(=O)Nc1cc(C(=O)NCCCC(CC(=O)CCCCC2SCC3NC(N)=NC32)C(=O)O)cc(C(=O)NCCCC(CC(=O)CCCCC2SCC3NC(N)=NC32)C(=O)O)c1. The number of aliphatic carboxylic acids is 2. The molecule has 26 heteroatoms. The van der Waals surface area contributed by atoms with Crippen molar-refractivity contribution in [1.29, 1.82) is 0 Å². The van der Waals surface area contributed by atoms with Gasteiger partial charge in [0.15, 0.2) is 11.9 Å². The number of carboxylic acid groups (broad SMARTS) is 2. The quantitative estimate of drug-likeness (QED) is 0.0199. The molecule has 0 bridgehead atoms. The predicted molar refractivity (Wildman–Crippen MR) is 280 cm³/mol. The number of carbonyl (C=O) groups excluding carboxylic acids is 5. The van der Waals surface area contributed by atoms with Crippen LogP contribution < -0.4 is 38.1 Å². The minimum Gasteiger partial charge on any atom is -0.481 e. The highest BCUT2D eigenvalue weighted by Gasteiger charge is 2.41. The largest absolute Gasteiger partial charge is 0.481 e. The van der Waals surface area contributed by atoms with E-state index in [1.54, 1.807) is 0 Å². The Morgan fingerprint density at radius 2 is 1.18 bits per heavy atom. The number of hydrogen-bond acceptors (Lipinski definition) is 19. The summed E-state index contributed by atoms with van der Waals surface area (Å²) in [6, 6.07) is 4.86. The number of hydrogen-bond donors (Lipinski definition) is 9. The lowest BCUT2D eigenvalue weighted by atomic mass is 9.94. The van der Waals surface area contributed by atoms with Gasteiger partial charge in [-0.25, -0.2) is 9.98 Å². The number of benzene rings is 1. The van der Waals surface area contributed by atoms with E-state index < -0.39 is 41.5 Å². The number of azide groups is 1. The van der Waals surface area contributed by atoms with Crippen LogP contribution in [0.15, 0.2) is 33.3 Å². The van der Waals surface area contributed by atoms with Gasteiger partial charge in [0.2, 0.25) is 5.91 Å². The normalized spacial score (nSPS) is 21.1. The van der Waals surface area contributed by atoms with E-state index in [0.717, 1.165) is 37.2 Å². The van der Waals surface area contributed by atoms with Gasteiger partial charge in [-0.1, -0.05) is 18.0 Å². The number of ketones is 2. The molecule has 0 aliphatic carbocycles. The van der Waals surface area contributed by atoms with Gasteiger partial charge >= 0.3 is 11.9 Å². The van der Waals surface area contributed by atoms with E-state index in [4.69, 9.17) is 31.2 Å². The molecule has 4 heterocycles. The van der Waals surface area contributed by atoms with Gasteiger partial charge in [0.05, 0.1) is 69.0 Å². The Balaban J connectivity index is 1.06. The van der Waals surface area contributed by atoms with Gasteiger partial charge < -0.3 is 62.5 Å². The number of aliphatic imine (C=N–C) groups is 2. The molecule has 0 spiro atoms. The van der Waals surface area contributed by atoms with E-state index in [0.29, 0.717) is 35.3 Å². The van der Waals surface area contributed by atoms with E-state index in [-0.39, 0.29) is 163 Å². The van der Waals surface area contributed by atoms with Crippen LogP contribution in [0, 0.1) is 11.8 Å². The Labute approximate surface area is 438 Å². The zero-order valence-corrected chi connectivity index (χ0v) is 43.3. The summed E-state index contributed by atoms with van der Waals surface area (Å²) in [6.45, 7) is 0.979. The van der Waals surface area contributed by atoms with Gasteiger partial charge in [-0.2, -0.15) is 23.5 Å². The Hall–Kier alpha value is -5.66. The molecular weight excluding hydrogens is 1000 g/mol. The highest BCUT2D eigenvalue weighted by Crippen LogP contribution is 2.36. The van der Waals surface area contributed by atoms with Crippen molar-refractivity contribution in [1.82, 2.24) is 21.3 Å². The van der Waals surface area contributed by atoms with Crippen LogP contribution in [0.1, 0.15) is 111 Å². The highest BCUT2D eigenvalue weighted by atomic mass is 32.2. The lowest BCUT2D eigenvalue weighted by molar-refractivity contribution is -0.144. The summed E-state index contributed by atoms with van der Waals surface area (Å²) in [6.07, 6.45) is 5.78. The van der Waals surface area contributed by atoms with Crippen LogP contribution in [0.25, 0.3) is 10.4 Å². The smallest absolute Gasteiger partial charge is 0.306 e. The second-order valence-electron chi connectivity index (χ2n) is 18.7. The fourth-order valence-corrected chi connectivity index (χ4v) is 12.2. The van der Waals surface area contributed by atoms with Gasteiger partial charge in [-0.3, -0.25) is 33.6 Å². The van der Waals surface area contributed by atoms with Crippen LogP contribution in [0.3, 0.4) is 0 Å². The number of nitrogens with one attached hydrogen (secondary N) is 5. The minimum atomic E-state index is -1.10. The van der Waals surface area contributed by atoms with Crippen LogP contribution in [0.5, 0.6) is 0 Å². The van der Waals surface area contributed by atoms with Crippen molar-refractivity contribution in [2.45, 2.75) is 125 Å². The monoisotopic (exact) mass is 1070 g/mol. The number of rotatable bonds is 38. The van der Waals surface area contributed by atoms with Gasteiger partial charge in [0, 0.05) is 89.0 Å². The van der Waals surface area contributed by atoms with Crippen molar-refractivity contribution in [3.05, 3.63) is 39.8 Å². The predicted octanol–water partition coefficient (Wildman–Crippen LogP) is 2.99. The summed E-state index contributed by atoms with van der Waals surface area (Å²) in [5.41, 5.74) is 20.1. The second kappa shape index (κ2) is 31.9. The van der Waals surface area contributed by atoms with Gasteiger partial charge in [-0.05, 0) is 75.1 Å². The standard InChI is InChI=1S/C48H72N12O12S2/c49-47-56-36-27-73-38(41(36)58-47)11-3-1-9-34(61)24-29(45(66)67)7-5-13-52-43(64)31-21-32(23-33(22-31)55-40(63)26-72-20-19-71-18-17-70-16-15-54-60-51)44(65)53-14-6-8-30(46(68)69)25-35(62)10-2-4-12-39-42-37(28-74-39)57-48(50)59-42/h21-23,29-30,36-39,41-42H,1-20,24-28H2,(H,52,64)(H,53,65)(H,55,63)(H,66,67)(H,68,69)(H3,49,56,58)(H3,50,57,59). The van der Waals surface area contributed by atoms with Crippen LogP contribution in [-0.2, 0) is 38.2 Å². The van der Waals surface area contributed by atoms with E-state index in [2.05, 4.69) is 46.6 Å². The maximum absolute atomic E-state index is 13.5. The van der Waals surface area contributed by atoms with Crippen molar-refractivity contribution >= 4 is 82.4 Å². The molecule has 74 heavy (non-hydrogen) atoms. The second-order valence-corrected chi connectivity index (χ2v) is 21.2. The maximum Gasteiger partial charge on any atom is 0.306 e. The van der Waals surface area contributed by atoms with Gasteiger partial charge in [0.1, 0.15) is 18.2 Å². The Morgan fingerprint density at radius 1 is 0.703 bits per heavy atom. The summed E-state index contributed by atoms with van der Waals surface area (Å²) < 4.78 is 16.1. The zero-order valence-electron chi connectivity index (χ0n) is 41.7. The van der Waals surface area contributed by atoms with E-state index >= 15 is 0 Å². The highest BCUT2D eigenvalue weighted by molar-refractivity contribution is 8.00. The third kappa shape index (κ3) is 20.6. The van der Waals surface area contributed by atoms with Crippen molar-refractivity contribution in [3.63, 3.8) is 0 Å². The fraction of sp³-hybridized carbons (Fsp3) is 0.688. The molecule has 1 aromatic rings. The summed E-state index contributed by atoms with van der Waals surface area (Å²) in [7, 11) is 0. The average molecular weight is 1070 g/mol. The molecule has 0 radical (unpaired) electrons. The molecule has 408 valence electrons. The first kappa shape index (κ1) is 59.2. The number of nitrogens with zero attached hydrogens (tertiary/aromatic N) is 5. The molecule has 2 fully saturated rings. The molecule has 0 saturated carbocycles. The molecule has 4 aliphatic heterocycles. The first-order valence-electron chi connectivity index (χ1n) is 25.4. The molecule has 0 aromatic heterocycles. The van der Waals surface area contributed by atoms with Crippen molar-refractivity contribution in [3.8, 4) is 0 Å². The molecule has 24 nitrogen and oxygen atoms in total. The summed E-state index contributed by atoms with van der Waals surface area (Å²) in [4.78, 5) is 101. The maximum atomic E-state index is 13.5. The molecule has 8 unspecified atom stereocenters. The molecule has 8 atom stereocenters. The number of fused-ring (bicyclic) bond motifs is 2. The molecule has 11 N–H and O–H groups in total. The summed E-state index contributed by atoms with van der Waals surface area (Å²) >= 11 is 3.69. The van der Waals surface area contributed by atoms with E-state index in [1.165, 1.54) is 18.2 Å². The van der Waals surface area contributed by atoms with Crippen molar-refractivity contribution in [2.24, 2.45) is 38.4 Å². The molecule has 1 aromatic carbocycles. The first-order valence-corrected chi connectivity index (χ1v) is 27.5. The van der Waals surface area contributed by atoms with Crippen molar-refractivity contribution < 1.29 is 58.0 Å². The van der Waals surface area contributed by atoms with Crippen molar-refractivity contribution in [2.75, 3.05) is 76.1 Å². The third-order valence-electron chi connectivity index (χ3n) is 13.0. The Bertz CT molecular complexity index is 2080. The fourth-order valence-electron chi connectivity index (χ4n) is 9.18. The van der Waals surface area contributed by atoms with Crippen LogP contribution in [0.2, 0.25) is 0 Å². The number of unbranched alkanes of at least 4 members (excludes halogenated alkanes) is 2. The number of carboxylic acids is 2. The number of anilines is 1. The molecule has 5 rings (SSSR count). The van der Waals surface area contributed by atoms with Gasteiger partial charge in [-0.15, -0.1) is 0 Å². The van der Waals surface area contributed by atoms with E-state index in [1.807, 2.05) is 23.5 Å². The number of thioether (sulfide) groups is 2. The molecule has 2 saturated heterocycles. The van der Waals surface area contributed by atoms with E-state index in [9.17, 15) is 43.8 Å². The number of Topliss-reactive ketones (excluding diaryl/α,β-unsaturated/α-hetero) is 2. The Morgan fingerprint density at radius 3 is 1.65 bits per heavy atom. The number of amides is 3. The zero-order chi connectivity index (χ0) is 53.2. The number of carbonyl (C=O) groups is 7. The lowest BCUT2D eigenvalue weighted by Gasteiger charge is -2.15.